The quantitative estimate of drug-likeness (QED) is 0.0440. The molecule has 79 heavy (non-hydrogen) atoms. The summed E-state index contributed by atoms with van der Waals surface area (Å²) in [5, 5.41) is 0. The lowest BCUT2D eigenvalue weighted by Crippen LogP contribution is -2.06. The Balaban J connectivity index is 1.31. The van der Waals surface area contributed by atoms with E-state index in [-0.39, 0.29) is 0 Å². The van der Waals surface area contributed by atoms with Gasteiger partial charge in [0.25, 0.3) is 0 Å². The molecule has 4 aromatic rings. The zero-order chi connectivity index (χ0) is 57.2. The molecular formula is C73H116O6. The number of hydrogen-bond acceptors (Lipinski definition) is 6. The van der Waals surface area contributed by atoms with Crippen molar-refractivity contribution < 1.29 is 28.4 Å². The summed E-state index contributed by atoms with van der Waals surface area (Å²) in [5.41, 5.74) is 4.18. The Kier molecular flexibility index (Phi) is 33.3. The molecule has 0 fully saturated rings. The van der Waals surface area contributed by atoms with Gasteiger partial charge in [0.05, 0.1) is 19.8 Å². The Morgan fingerprint density at radius 2 is 0.519 bits per heavy atom. The Morgan fingerprint density at radius 1 is 0.278 bits per heavy atom. The molecular weight excluding hydrogens is 973 g/mol. The van der Waals surface area contributed by atoms with Crippen LogP contribution in [0.3, 0.4) is 0 Å². The molecule has 4 rings (SSSR count). The molecule has 0 saturated heterocycles. The Hall–Kier alpha value is -4.32. The van der Waals surface area contributed by atoms with Gasteiger partial charge in [0.2, 0.25) is 5.75 Å². The number of ether oxygens (including phenoxy) is 6. The van der Waals surface area contributed by atoms with Gasteiger partial charge in [0, 0.05) is 0 Å². The van der Waals surface area contributed by atoms with Gasteiger partial charge in [-0.15, -0.1) is 0 Å². The average molecular weight is 1090 g/mol. The first kappa shape index (κ1) is 67.2. The van der Waals surface area contributed by atoms with E-state index in [9.17, 15) is 0 Å². The van der Waals surface area contributed by atoms with Crippen LogP contribution in [0, 0.1) is 60.2 Å². The predicted molar refractivity (Wildman–Crippen MR) is 336 cm³/mol. The number of aryl methyl sites for hydroxylation is 1. The van der Waals surface area contributed by atoms with Crippen LogP contribution in [0.2, 0.25) is 0 Å². The summed E-state index contributed by atoms with van der Waals surface area (Å²) >= 11 is 0. The summed E-state index contributed by atoms with van der Waals surface area (Å²) in [4.78, 5) is 0. The lowest BCUT2D eigenvalue weighted by molar-refractivity contribution is 0.229. The molecule has 0 aliphatic heterocycles. The van der Waals surface area contributed by atoms with Gasteiger partial charge in [-0.25, -0.2) is 0 Å². The first-order chi connectivity index (χ1) is 38.0. The van der Waals surface area contributed by atoms with E-state index in [4.69, 9.17) is 28.4 Å². The average Bonchev–Trinajstić information content (AvgIpc) is 3.41. The van der Waals surface area contributed by atoms with Crippen LogP contribution in [0.15, 0.2) is 84.9 Å². The second kappa shape index (κ2) is 39.2. The zero-order valence-electron chi connectivity index (χ0n) is 52.8. The predicted octanol–water partition coefficient (Wildman–Crippen LogP) is 21.8. The van der Waals surface area contributed by atoms with Gasteiger partial charge in [-0.3, -0.25) is 0 Å². The molecule has 0 bridgehead atoms. The molecule has 6 atom stereocenters. The van der Waals surface area contributed by atoms with Crippen LogP contribution < -0.4 is 28.4 Å². The maximum absolute atomic E-state index is 6.68. The van der Waals surface area contributed by atoms with Crippen molar-refractivity contribution in [1.29, 1.82) is 0 Å². The minimum atomic E-state index is 0.355. The highest BCUT2D eigenvalue weighted by molar-refractivity contribution is 5.54. The Labute approximate surface area is 485 Å². The van der Waals surface area contributed by atoms with Crippen LogP contribution >= 0.6 is 0 Å². The van der Waals surface area contributed by atoms with E-state index < -0.39 is 0 Å². The monoisotopic (exact) mass is 1090 g/mol. The fraction of sp³-hybridized carbons (Fsp3) is 0.671. The maximum atomic E-state index is 6.68. The first-order valence-electron chi connectivity index (χ1n) is 32.2. The fourth-order valence-corrected chi connectivity index (χ4v) is 10.7. The standard InChI is InChI=1S/C73H116O6/c1-55(2)20-14-23-58(7)26-17-29-61(10)44-47-74-68-38-32-65(33-39-68)52-77-71-50-64(13)51-72(78-53-66-34-40-69(41-35-66)75-48-45-62(11)30-18-27-59(8)24-15-21-56(3)4)73(71)79-54-67-36-42-70(43-37-67)76-49-46-63(12)31-19-28-60(9)25-16-22-57(5)6/h32-43,50-51,55-63H,14-31,44-49,52-54H2,1-13H3. The van der Waals surface area contributed by atoms with Crippen LogP contribution in [-0.4, -0.2) is 19.8 Å². The van der Waals surface area contributed by atoms with Gasteiger partial charge in [-0.05, 0) is 150 Å². The van der Waals surface area contributed by atoms with E-state index in [0.717, 1.165) is 114 Å². The topological polar surface area (TPSA) is 55.4 Å². The van der Waals surface area contributed by atoms with Gasteiger partial charge in [-0.1, -0.05) is 235 Å². The lowest BCUT2D eigenvalue weighted by atomic mass is 9.93. The molecule has 0 aromatic heterocycles. The van der Waals surface area contributed by atoms with E-state index in [1.165, 1.54) is 116 Å². The van der Waals surface area contributed by atoms with Crippen LogP contribution in [-0.2, 0) is 19.8 Å². The number of rotatable bonds is 45. The van der Waals surface area contributed by atoms with Crippen molar-refractivity contribution >= 4 is 0 Å². The van der Waals surface area contributed by atoms with Crippen molar-refractivity contribution in [1.82, 2.24) is 0 Å². The van der Waals surface area contributed by atoms with E-state index in [0.29, 0.717) is 54.8 Å². The molecule has 6 heteroatoms. The molecule has 6 nitrogen and oxygen atoms in total. The molecule has 0 amide bonds. The smallest absolute Gasteiger partial charge is 0.203 e. The molecule has 0 saturated carbocycles. The molecule has 0 spiro atoms. The van der Waals surface area contributed by atoms with Crippen molar-refractivity contribution in [3.8, 4) is 34.5 Å². The minimum Gasteiger partial charge on any atom is -0.494 e. The maximum Gasteiger partial charge on any atom is 0.203 e. The van der Waals surface area contributed by atoms with E-state index in [2.05, 4.69) is 163 Å². The highest BCUT2D eigenvalue weighted by Crippen LogP contribution is 2.41. The Bertz CT molecular complexity index is 2020. The summed E-state index contributed by atoms with van der Waals surface area (Å²) in [6.45, 7) is 33.7. The third-order valence-electron chi connectivity index (χ3n) is 16.4. The molecule has 6 unspecified atom stereocenters. The lowest BCUT2D eigenvalue weighted by Gasteiger charge is -2.19. The van der Waals surface area contributed by atoms with E-state index in [1.54, 1.807) is 0 Å². The molecule has 0 heterocycles. The Morgan fingerprint density at radius 3 is 0.785 bits per heavy atom. The third-order valence-corrected chi connectivity index (χ3v) is 16.4. The highest BCUT2D eigenvalue weighted by atomic mass is 16.5. The largest absolute Gasteiger partial charge is 0.494 e. The van der Waals surface area contributed by atoms with Crippen molar-refractivity contribution in [2.24, 2.45) is 53.3 Å². The molecule has 0 aliphatic rings. The summed E-state index contributed by atoms with van der Waals surface area (Å²) in [7, 11) is 0. The molecule has 444 valence electrons. The van der Waals surface area contributed by atoms with Crippen molar-refractivity contribution in [2.45, 2.75) is 245 Å². The number of hydrogen-bond donors (Lipinski definition) is 0. The van der Waals surface area contributed by atoms with Crippen molar-refractivity contribution in [3.05, 3.63) is 107 Å². The van der Waals surface area contributed by atoms with Gasteiger partial charge in [0.1, 0.15) is 37.1 Å². The zero-order valence-corrected chi connectivity index (χ0v) is 52.8. The van der Waals surface area contributed by atoms with E-state index >= 15 is 0 Å². The second-order valence-corrected chi connectivity index (χ2v) is 26.2. The van der Waals surface area contributed by atoms with Gasteiger partial charge >= 0.3 is 0 Å². The normalized spacial score (nSPS) is 14.0. The van der Waals surface area contributed by atoms with Crippen molar-refractivity contribution in [3.63, 3.8) is 0 Å². The van der Waals surface area contributed by atoms with Crippen LogP contribution in [0.5, 0.6) is 34.5 Å². The third kappa shape index (κ3) is 30.9. The first-order valence-corrected chi connectivity index (χ1v) is 32.2. The summed E-state index contributed by atoms with van der Waals surface area (Å²) in [6, 6.07) is 29.0. The number of benzene rings is 4. The van der Waals surface area contributed by atoms with Gasteiger partial charge in [0.15, 0.2) is 11.5 Å². The molecule has 0 radical (unpaired) electrons. The van der Waals surface area contributed by atoms with Crippen LogP contribution in [0.4, 0.5) is 0 Å². The molecule has 0 aliphatic carbocycles. The molecule has 0 N–H and O–H groups in total. The second-order valence-electron chi connectivity index (χ2n) is 26.2. The fourth-order valence-electron chi connectivity index (χ4n) is 10.7. The van der Waals surface area contributed by atoms with Crippen molar-refractivity contribution in [2.75, 3.05) is 19.8 Å². The highest BCUT2D eigenvalue weighted by Gasteiger charge is 2.17. The SMILES string of the molecule is Cc1cc(OCc2ccc(OCCC(C)CCCC(C)CCCC(C)C)cc2)c(OCc2ccc(OCCC(C)CCCC(C)CCCC(C)C)cc2)c(OCc2ccc(OCCC(C)CCCC(C)CCCC(C)C)cc2)c1. The molecule has 4 aromatic carbocycles. The van der Waals surface area contributed by atoms with Gasteiger partial charge in [-0.2, -0.15) is 0 Å². The summed E-state index contributed by atoms with van der Waals surface area (Å²) in [5.74, 6) is 11.5. The minimum absolute atomic E-state index is 0.355. The van der Waals surface area contributed by atoms with E-state index in [1.807, 2.05) is 12.1 Å². The van der Waals surface area contributed by atoms with Crippen LogP contribution in [0.1, 0.15) is 240 Å². The summed E-state index contributed by atoms with van der Waals surface area (Å²) in [6.07, 6.45) is 27.2. The van der Waals surface area contributed by atoms with Crippen LogP contribution in [0.25, 0.3) is 0 Å². The summed E-state index contributed by atoms with van der Waals surface area (Å²) < 4.78 is 38.6. The van der Waals surface area contributed by atoms with Gasteiger partial charge < -0.3 is 28.4 Å².